The number of aromatic nitrogens is 4. The van der Waals surface area contributed by atoms with Gasteiger partial charge in [0.1, 0.15) is 6.10 Å². The van der Waals surface area contributed by atoms with Crippen LogP contribution >= 0.6 is 0 Å². The van der Waals surface area contributed by atoms with Crippen molar-refractivity contribution in [2.75, 3.05) is 25.1 Å². The van der Waals surface area contributed by atoms with E-state index in [1.54, 1.807) is 12.5 Å². The number of cyclic esters (lactones) is 1. The van der Waals surface area contributed by atoms with E-state index >= 15 is 0 Å². The van der Waals surface area contributed by atoms with Crippen LogP contribution in [0.15, 0.2) is 43.0 Å². The molecule has 2 aliphatic rings. The van der Waals surface area contributed by atoms with Gasteiger partial charge in [-0.3, -0.25) is 4.79 Å². The van der Waals surface area contributed by atoms with Gasteiger partial charge in [-0.2, -0.15) is 0 Å². The average Bonchev–Trinajstić information content (AvgIpc) is 3.34. The Morgan fingerprint density at radius 1 is 1.19 bits per heavy atom. The first-order chi connectivity index (χ1) is 15.1. The summed E-state index contributed by atoms with van der Waals surface area (Å²) in [7, 11) is 1.32. The average molecular weight is 421 g/mol. The lowest BCUT2D eigenvalue weighted by molar-refractivity contribution is -0.150. The lowest BCUT2D eigenvalue weighted by Crippen LogP contribution is -2.43. The zero-order chi connectivity index (χ0) is 21.4. The Hall–Kier alpha value is -3.49. The third kappa shape index (κ3) is 3.39. The van der Waals surface area contributed by atoms with Crippen LogP contribution in [0.25, 0.3) is 11.0 Å². The minimum Gasteiger partial charge on any atom is -0.464 e. The van der Waals surface area contributed by atoms with Crippen molar-refractivity contribution < 1.29 is 19.1 Å². The van der Waals surface area contributed by atoms with E-state index in [1.165, 1.54) is 13.3 Å². The standard InChI is InChI=1S/C22H23N5O4/c1-30-20(28)18-19(24-9-8-23-18)26-10-6-22(7-11-26)12-15(31-21(22)29)13-27-14-25-16-4-2-3-5-17(16)27/h2-5,8-9,14-15H,6-7,10-13H2,1H3. The second-order valence-electron chi connectivity index (χ2n) is 8.10. The maximum Gasteiger partial charge on any atom is 0.360 e. The molecule has 5 rings (SSSR count). The van der Waals surface area contributed by atoms with Gasteiger partial charge in [-0.15, -0.1) is 0 Å². The highest BCUT2D eigenvalue weighted by molar-refractivity contribution is 5.92. The summed E-state index contributed by atoms with van der Waals surface area (Å²) in [6, 6.07) is 7.93. The molecule has 1 aromatic carbocycles. The summed E-state index contributed by atoms with van der Waals surface area (Å²) in [6.45, 7) is 1.78. The van der Waals surface area contributed by atoms with E-state index in [9.17, 15) is 9.59 Å². The van der Waals surface area contributed by atoms with Crippen LogP contribution in [0.2, 0.25) is 0 Å². The van der Waals surface area contributed by atoms with Crippen LogP contribution in [0.1, 0.15) is 29.8 Å². The van der Waals surface area contributed by atoms with Crippen LogP contribution in [0, 0.1) is 5.41 Å². The van der Waals surface area contributed by atoms with Crippen LogP contribution in [-0.4, -0.2) is 57.8 Å². The zero-order valence-electron chi connectivity index (χ0n) is 17.2. The van der Waals surface area contributed by atoms with E-state index < -0.39 is 11.4 Å². The number of imidazole rings is 1. The monoisotopic (exact) mass is 421 g/mol. The van der Waals surface area contributed by atoms with Gasteiger partial charge in [-0.25, -0.2) is 19.7 Å². The number of esters is 2. The lowest BCUT2D eigenvalue weighted by Gasteiger charge is -2.37. The highest BCUT2D eigenvalue weighted by atomic mass is 16.6. The molecular weight excluding hydrogens is 398 g/mol. The van der Waals surface area contributed by atoms with Crippen LogP contribution in [0.3, 0.4) is 0 Å². The summed E-state index contributed by atoms with van der Waals surface area (Å²) >= 11 is 0. The van der Waals surface area contributed by atoms with Crippen molar-refractivity contribution >= 4 is 28.8 Å². The number of benzene rings is 1. The van der Waals surface area contributed by atoms with Gasteiger partial charge >= 0.3 is 11.9 Å². The number of hydrogen-bond donors (Lipinski definition) is 0. The summed E-state index contributed by atoms with van der Waals surface area (Å²) in [5, 5.41) is 0. The predicted octanol–water partition coefficient (Wildman–Crippen LogP) is 2.22. The number of para-hydroxylation sites is 2. The maximum absolute atomic E-state index is 12.9. The molecule has 0 aliphatic carbocycles. The number of fused-ring (bicyclic) bond motifs is 1. The Labute approximate surface area is 179 Å². The molecule has 4 heterocycles. The van der Waals surface area contributed by atoms with E-state index in [0.717, 1.165) is 11.0 Å². The molecule has 1 atom stereocenters. The summed E-state index contributed by atoms with van der Waals surface area (Å²) < 4.78 is 12.7. The van der Waals surface area contributed by atoms with Gasteiger partial charge in [0.25, 0.3) is 0 Å². The largest absolute Gasteiger partial charge is 0.464 e. The number of nitrogens with zero attached hydrogens (tertiary/aromatic N) is 5. The minimum atomic E-state index is -0.517. The number of carbonyl (C=O) groups is 2. The highest BCUT2D eigenvalue weighted by Gasteiger charge is 2.50. The molecular formula is C22H23N5O4. The number of hydrogen-bond acceptors (Lipinski definition) is 8. The van der Waals surface area contributed by atoms with Gasteiger partial charge in [0, 0.05) is 31.9 Å². The summed E-state index contributed by atoms with van der Waals surface area (Å²) in [5.74, 6) is -0.151. The summed E-state index contributed by atoms with van der Waals surface area (Å²) in [4.78, 5) is 39.8. The Kier molecular flexibility index (Phi) is 4.80. The van der Waals surface area contributed by atoms with Gasteiger partial charge in [-0.1, -0.05) is 12.1 Å². The van der Waals surface area contributed by atoms with Crippen molar-refractivity contribution in [1.82, 2.24) is 19.5 Å². The fourth-order valence-electron chi connectivity index (χ4n) is 4.67. The van der Waals surface area contributed by atoms with E-state index in [2.05, 4.69) is 15.0 Å². The predicted molar refractivity (Wildman–Crippen MR) is 111 cm³/mol. The quantitative estimate of drug-likeness (QED) is 0.591. The molecule has 2 fully saturated rings. The molecule has 2 aromatic heterocycles. The molecule has 0 radical (unpaired) electrons. The molecule has 0 amide bonds. The minimum absolute atomic E-state index is 0.131. The SMILES string of the molecule is COC(=O)c1nccnc1N1CCC2(CC1)CC(Cn1cnc3ccccc31)OC2=O. The Morgan fingerprint density at radius 2 is 1.97 bits per heavy atom. The third-order valence-electron chi connectivity index (χ3n) is 6.33. The number of piperidine rings is 1. The molecule has 1 unspecified atom stereocenters. The molecule has 9 heteroatoms. The third-order valence-corrected chi connectivity index (χ3v) is 6.33. The normalized spacial score (nSPS) is 20.2. The zero-order valence-corrected chi connectivity index (χ0v) is 17.2. The second-order valence-corrected chi connectivity index (χ2v) is 8.10. The Balaban J connectivity index is 1.29. The van der Waals surface area contributed by atoms with Crippen molar-refractivity contribution in [3.05, 3.63) is 48.7 Å². The van der Waals surface area contributed by atoms with Crippen LogP contribution in [-0.2, 0) is 20.8 Å². The first-order valence-electron chi connectivity index (χ1n) is 10.3. The summed E-state index contributed by atoms with van der Waals surface area (Å²) in [6.07, 6.45) is 6.61. The summed E-state index contributed by atoms with van der Waals surface area (Å²) in [5.41, 5.74) is 1.66. The van der Waals surface area contributed by atoms with Gasteiger partial charge in [-0.05, 0) is 25.0 Å². The first-order valence-corrected chi connectivity index (χ1v) is 10.3. The van der Waals surface area contributed by atoms with E-state index in [1.807, 2.05) is 33.7 Å². The molecule has 3 aromatic rings. The second kappa shape index (κ2) is 7.64. The molecule has 31 heavy (non-hydrogen) atoms. The molecule has 0 N–H and O–H groups in total. The molecule has 2 aliphatic heterocycles. The van der Waals surface area contributed by atoms with Gasteiger partial charge < -0.3 is 18.9 Å². The maximum atomic E-state index is 12.9. The molecule has 2 saturated heterocycles. The van der Waals surface area contributed by atoms with Gasteiger partial charge in [0.2, 0.25) is 0 Å². The van der Waals surface area contributed by atoms with Crippen molar-refractivity contribution in [2.45, 2.75) is 31.9 Å². The van der Waals surface area contributed by atoms with Crippen molar-refractivity contribution in [3.63, 3.8) is 0 Å². The Morgan fingerprint density at radius 3 is 2.77 bits per heavy atom. The van der Waals surface area contributed by atoms with Crippen LogP contribution in [0.4, 0.5) is 5.82 Å². The van der Waals surface area contributed by atoms with Gasteiger partial charge in [0.05, 0.1) is 36.4 Å². The molecule has 160 valence electrons. The first kappa shape index (κ1) is 19.5. The number of methoxy groups -OCH3 is 1. The molecule has 9 nitrogen and oxygen atoms in total. The van der Waals surface area contributed by atoms with Crippen LogP contribution in [0.5, 0.6) is 0 Å². The smallest absolute Gasteiger partial charge is 0.360 e. The van der Waals surface area contributed by atoms with E-state index in [4.69, 9.17) is 9.47 Å². The highest BCUT2D eigenvalue weighted by Crippen LogP contribution is 2.44. The van der Waals surface area contributed by atoms with E-state index in [-0.39, 0.29) is 17.8 Å². The number of ether oxygens (including phenoxy) is 2. The molecule has 0 bridgehead atoms. The van der Waals surface area contributed by atoms with Crippen molar-refractivity contribution in [1.29, 1.82) is 0 Å². The van der Waals surface area contributed by atoms with E-state index in [0.29, 0.717) is 44.7 Å². The lowest BCUT2D eigenvalue weighted by atomic mass is 9.76. The molecule has 1 spiro atoms. The number of anilines is 1. The Bertz CT molecular complexity index is 1140. The number of carbonyl (C=O) groups excluding carboxylic acids is 2. The van der Waals surface area contributed by atoms with Crippen LogP contribution < -0.4 is 4.90 Å². The van der Waals surface area contributed by atoms with Crippen molar-refractivity contribution in [3.8, 4) is 0 Å². The fourth-order valence-corrected chi connectivity index (χ4v) is 4.67. The van der Waals surface area contributed by atoms with Crippen molar-refractivity contribution in [2.24, 2.45) is 5.41 Å². The van der Waals surface area contributed by atoms with Gasteiger partial charge in [0.15, 0.2) is 11.5 Å². The molecule has 0 saturated carbocycles. The topological polar surface area (TPSA) is 99.4 Å². The fraction of sp³-hybridized carbons (Fsp3) is 0.409. The number of rotatable bonds is 4.